The Balaban J connectivity index is 0.000000202. The van der Waals surface area contributed by atoms with Gasteiger partial charge in [0.05, 0.1) is 9.79 Å². The average Bonchev–Trinajstić information content (AvgIpc) is 2.98. The van der Waals surface area contributed by atoms with Gasteiger partial charge in [0.15, 0.2) is 0 Å². The summed E-state index contributed by atoms with van der Waals surface area (Å²) in [6, 6.07) is 22.3. The molecule has 13 heteroatoms. The van der Waals surface area contributed by atoms with Crippen molar-refractivity contribution in [3.8, 4) is 5.88 Å². The maximum atomic E-state index is 13.7. The molecule has 1 aromatic heterocycles. The minimum Gasteiger partial charge on any atom is -0.473 e. The number of hydrogen-bond donors (Lipinski definition) is 3. The van der Waals surface area contributed by atoms with Gasteiger partial charge >= 0.3 is 0 Å². The number of aromatic nitrogens is 1. The molecule has 0 radical (unpaired) electrons. The van der Waals surface area contributed by atoms with Gasteiger partial charge in [-0.2, -0.15) is 16.8 Å². The van der Waals surface area contributed by atoms with Crippen LogP contribution in [-0.4, -0.2) is 44.0 Å². The van der Waals surface area contributed by atoms with Crippen LogP contribution >= 0.6 is 11.6 Å². The van der Waals surface area contributed by atoms with E-state index in [4.69, 9.17) is 25.4 Å². The van der Waals surface area contributed by atoms with Crippen molar-refractivity contribution in [2.75, 3.05) is 13.1 Å². The molecule has 0 spiro atoms. The molecular formula is C31H34ClFN2O7S2. The first-order chi connectivity index (χ1) is 20.7. The number of nitrogens with zero attached hydrogens (tertiary/aromatic N) is 1. The molecule has 1 fully saturated rings. The zero-order valence-corrected chi connectivity index (χ0v) is 26.5. The first-order valence-electron chi connectivity index (χ1n) is 13.5. The molecular weight excluding hydrogens is 631 g/mol. The maximum absolute atomic E-state index is 13.7. The lowest BCUT2D eigenvalue weighted by molar-refractivity contribution is 0.286. The van der Waals surface area contributed by atoms with Crippen LogP contribution < -0.4 is 10.1 Å². The summed E-state index contributed by atoms with van der Waals surface area (Å²) in [6.07, 6.45) is 2.17. The fourth-order valence-corrected chi connectivity index (χ4v) is 5.19. The van der Waals surface area contributed by atoms with Crippen molar-refractivity contribution in [1.29, 1.82) is 0 Å². The third kappa shape index (κ3) is 11.6. The van der Waals surface area contributed by atoms with Crippen molar-refractivity contribution < 1.29 is 35.1 Å². The number of rotatable bonds is 6. The van der Waals surface area contributed by atoms with Gasteiger partial charge in [-0.25, -0.2) is 9.37 Å². The van der Waals surface area contributed by atoms with Gasteiger partial charge < -0.3 is 10.1 Å². The van der Waals surface area contributed by atoms with Crippen LogP contribution in [0.2, 0.25) is 5.02 Å². The lowest BCUT2D eigenvalue weighted by atomic mass is 9.94. The van der Waals surface area contributed by atoms with Crippen molar-refractivity contribution in [1.82, 2.24) is 10.3 Å². The maximum Gasteiger partial charge on any atom is 0.294 e. The molecule has 9 nitrogen and oxygen atoms in total. The molecule has 2 heterocycles. The van der Waals surface area contributed by atoms with Gasteiger partial charge in [-0.05, 0) is 82.2 Å². The van der Waals surface area contributed by atoms with E-state index in [-0.39, 0.29) is 22.2 Å². The highest BCUT2D eigenvalue weighted by molar-refractivity contribution is 7.86. The number of halogens is 2. The topological polar surface area (TPSA) is 143 Å². The predicted molar refractivity (Wildman–Crippen MR) is 167 cm³/mol. The Bertz CT molecular complexity index is 1660. The average molecular weight is 665 g/mol. The van der Waals surface area contributed by atoms with E-state index in [2.05, 4.69) is 10.3 Å². The van der Waals surface area contributed by atoms with E-state index in [1.165, 1.54) is 30.3 Å². The molecule has 0 bridgehead atoms. The Hall–Kier alpha value is -3.39. The highest BCUT2D eigenvalue weighted by atomic mass is 35.5. The van der Waals surface area contributed by atoms with E-state index in [0.717, 1.165) is 42.8 Å². The molecule has 0 saturated carbocycles. The molecule has 236 valence electrons. The highest BCUT2D eigenvalue weighted by Gasteiger charge is 2.17. The first-order valence-corrected chi connectivity index (χ1v) is 16.8. The number of hydrogen-bond acceptors (Lipinski definition) is 7. The number of ether oxygens (including phenoxy) is 1. The summed E-state index contributed by atoms with van der Waals surface area (Å²) in [5.41, 5.74) is 3.43. The summed E-state index contributed by atoms with van der Waals surface area (Å²) in [6.45, 7) is 5.87. The zero-order chi connectivity index (χ0) is 32.3. The summed E-state index contributed by atoms with van der Waals surface area (Å²) in [5, 5.41) is 3.73. The Kier molecular flexibility index (Phi) is 12.8. The summed E-state index contributed by atoms with van der Waals surface area (Å²) in [4.78, 5) is 4.43. The SMILES string of the molecule is Cc1ccc(S(=O)(=O)O)cc1.Cc1ccc(S(=O)(=O)O)cc1.Fc1cc(Cl)ccc1COc1cccc(C2CCNCC2)n1. The summed E-state index contributed by atoms with van der Waals surface area (Å²) >= 11 is 5.74. The van der Waals surface area contributed by atoms with Crippen molar-refractivity contribution in [2.24, 2.45) is 0 Å². The van der Waals surface area contributed by atoms with Crippen LogP contribution in [0.4, 0.5) is 4.39 Å². The molecule has 0 amide bonds. The van der Waals surface area contributed by atoms with Crippen LogP contribution in [0.1, 0.15) is 41.1 Å². The van der Waals surface area contributed by atoms with Crippen LogP contribution in [0.25, 0.3) is 0 Å². The molecule has 5 rings (SSSR count). The fourth-order valence-electron chi connectivity index (χ4n) is 4.07. The van der Waals surface area contributed by atoms with Crippen molar-refractivity contribution in [2.45, 2.75) is 49.0 Å². The second kappa shape index (κ2) is 16.1. The molecule has 3 aromatic carbocycles. The largest absolute Gasteiger partial charge is 0.473 e. The van der Waals surface area contributed by atoms with Crippen molar-refractivity contribution in [3.05, 3.63) is 118 Å². The van der Waals surface area contributed by atoms with E-state index in [1.807, 2.05) is 26.0 Å². The monoisotopic (exact) mass is 664 g/mol. The predicted octanol–water partition coefficient (Wildman–Crippen LogP) is 6.40. The van der Waals surface area contributed by atoms with Crippen LogP contribution in [-0.2, 0) is 26.8 Å². The van der Waals surface area contributed by atoms with Gasteiger partial charge in [-0.3, -0.25) is 9.11 Å². The number of piperidine rings is 1. The van der Waals surface area contributed by atoms with Crippen molar-refractivity contribution >= 4 is 31.8 Å². The van der Waals surface area contributed by atoms with Crippen LogP contribution in [0.5, 0.6) is 5.88 Å². The quantitative estimate of drug-likeness (QED) is 0.199. The molecule has 3 N–H and O–H groups in total. The second-order valence-corrected chi connectivity index (χ2v) is 13.3. The van der Waals surface area contributed by atoms with Crippen LogP contribution in [0, 0.1) is 19.7 Å². The van der Waals surface area contributed by atoms with Crippen LogP contribution in [0.15, 0.2) is 94.7 Å². The van der Waals surface area contributed by atoms with Gasteiger partial charge in [0.1, 0.15) is 12.4 Å². The van der Waals surface area contributed by atoms with Crippen LogP contribution in [0.3, 0.4) is 0 Å². The summed E-state index contributed by atoms with van der Waals surface area (Å²) in [7, 11) is -8.04. The normalized spacial score (nSPS) is 13.6. The van der Waals surface area contributed by atoms with Gasteiger partial charge in [0.25, 0.3) is 20.2 Å². The lowest BCUT2D eigenvalue weighted by Gasteiger charge is -2.22. The number of nitrogens with one attached hydrogen (secondary N) is 1. The number of pyridine rings is 1. The molecule has 4 aromatic rings. The number of benzene rings is 3. The van der Waals surface area contributed by atoms with Gasteiger partial charge in [-0.1, -0.05) is 59.1 Å². The fraction of sp³-hybridized carbons (Fsp3) is 0.258. The van der Waals surface area contributed by atoms with E-state index < -0.39 is 20.2 Å². The lowest BCUT2D eigenvalue weighted by Crippen LogP contribution is -2.27. The first kappa shape index (κ1) is 35.1. The third-order valence-electron chi connectivity index (χ3n) is 6.53. The van der Waals surface area contributed by atoms with Gasteiger partial charge in [0.2, 0.25) is 5.88 Å². The Morgan fingerprint density at radius 2 is 1.36 bits per heavy atom. The molecule has 1 aliphatic rings. The molecule has 0 aliphatic carbocycles. The second-order valence-electron chi connectivity index (χ2n) is 10.0. The van der Waals surface area contributed by atoms with Crippen molar-refractivity contribution in [3.63, 3.8) is 0 Å². The smallest absolute Gasteiger partial charge is 0.294 e. The third-order valence-corrected chi connectivity index (χ3v) is 8.50. The van der Waals surface area contributed by atoms with Gasteiger partial charge in [-0.15, -0.1) is 0 Å². The van der Waals surface area contributed by atoms with Gasteiger partial charge in [0, 0.05) is 28.3 Å². The molecule has 1 saturated heterocycles. The van der Waals surface area contributed by atoms with E-state index in [1.54, 1.807) is 42.5 Å². The standard InChI is InChI=1S/C17H18ClFN2O.2C7H8O3S/c18-14-5-4-13(15(19)10-14)11-22-17-3-1-2-16(21-17)12-6-8-20-9-7-12;2*1-6-2-4-7(5-3-6)11(8,9)10/h1-5,10,12,20H,6-9,11H2;2*2-5H,1H3,(H,8,9,10). The Morgan fingerprint density at radius 1 is 0.841 bits per heavy atom. The Morgan fingerprint density at radius 3 is 1.84 bits per heavy atom. The Labute approximate surface area is 262 Å². The minimum atomic E-state index is -4.02. The summed E-state index contributed by atoms with van der Waals surface area (Å²) < 4.78 is 78.5. The molecule has 0 atom stereocenters. The zero-order valence-electron chi connectivity index (χ0n) is 24.2. The highest BCUT2D eigenvalue weighted by Crippen LogP contribution is 2.25. The molecule has 0 unspecified atom stereocenters. The van der Waals surface area contributed by atoms with E-state index in [9.17, 15) is 21.2 Å². The van der Waals surface area contributed by atoms with E-state index in [0.29, 0.717) is 22.4 Å². The van der Waals surface area contributed by atoms with E-state index >= 15 is 0 Å². The minimum absolute atomic E-state index is 0.0666. The summed E-state index contributed by atoms with van der Waals surface area (Å²) in [5.74, 6) is 0.643. The molecule has 1 aliphatic heterocycles. The molecule has 44 heavy (non-hydrogen) atoms. The number of aryl methyl sites for hydroxylation is 2.